The van der Waals surface area contributed by atoms with Crippen molar-refractivity contribution in [2.24, 2.45) is 17.3 Å². The highest BCUT2D eigenvalue weighted by atomic mass is 32.1. The number of carbonyl (C=O) groups is 2. The van der Waals surface area contributed by atoms with E-state index in [2.05, 4.69) is 11.9 Å². The number of nitrogens with zero attached hydrogens (tertiary/aromatic N) is 1. The van der Waals surface area contributed by atoms with E-state index < -0.39 is 17.5 Å². The summed E-state index contributed by atoms with van der Waals surface area (Å²) >= 11 is 1.59. The Bertz CT molecular complexity index is 798. The molecule has 1 unspecified atom stereocenters. The molecule has 1 saturated heterocycles. The number of ether oxygens (including phenoxy) is 1. The highest BCUT2D eigenvalue weighted by Crippen LogP contribution is 2.32. The van der Waals surface area contributed by atoms with Gasteiger partial charge in [-0.05, 0) is 50.7 Å². The molecule has 0 radical (unpaired) electrons. The van der Waals surface area contributed by atoms with E-state index in [4.69, 9.17) is 4.74 Å². The van der Waals surface area contributed by atoms with Crippen LogP contribution in [-0.2, 0) is 14.3 Å². The third-order valence-corrected chi connectivity index (χ3v) is 7.53. The van der Waals surface area contributed by atoms with E-state index in [1.54, 1.807) is 25.2 Å². The molecule has 1 aliphatic heterocycles. The molecule has 180 valence electrons. The Balaban J connectivity index is 2.19. The summed E-state index contributed by atoms with van der Waals surface area (Å²) in [5.74, 6) is -0.112. The molecule has 0 amide bonds. The third kappa shape index (κ3) is 7.80. The fraction of sp³-hybridized carbons (Fsp3) is 0.731. The van der Waals surface area contributed by atoms with Crippen molar-refractivity contribution < 1.29 is 19.4 Å². The van der Waals surface area contributed by atoms with Gasteiger partial charge in [0.2, 0.25) is 0 Å². The summed E-state index contributed by atoms with van der Waals surface area (Å²) in [6, 6.07) is 0. The highest BCUT2D eigenvalue weighted by Gasteiger charge is 2.39. The van der Waals surface area contributed by atoms with Crippen LogP contribution in [0.3, 0.4) is 0 Å². The molecule has 4 atom stereocenters. The first-order valence-electron chi connectivity index (χ1n) is 12.0. The van der Waals surface area contributed by atoms with Gasteiger partial charge in [0.15, 0.2) is 0 Å². The number of Topliss-reactive ketones (excluding diaryl/α,β-unsaturated/α-hetero) is 1. The topological polar surface area (TPSA) is 76.5 Å². The maximum Gasteiger partial charge on any atom is 0.309 e. The van der Waals surface area contributed by atoms with Crippen molar-refractivity contribution in [1.29, 1.82) is 0 Å². The second-order valence-electron chi connectivity index (χ2n) is 10.2. The van der Waals surface area contributed by atoms with E-state index in [9.17, 15) is 14.7 Å². The fourth-order valence-electron chi connectivity index (χ4n) is 4.58. The SMILES string of the molecule is C/C(=C\c1csc(C)n1)C1CCCCCC[C@H](C)C[C@@H](C)C(=O)C(C)(C)[C@@H](O)CC(=O)O1. The molecule has 1 aromatic rings. The predicted molar refractivity (Wildman–Crippen MR) is 130 cm³/mol. The molecule has 1 N–H and O–H groups in total. The number of ketones is 1. The van der Waals surface area contributed by atoms with Gasteiger partial charge < -0.3 is 9.84 Å². The molecule has 0 bridgehead atoms. The van der Waals surface area contributed by atoms with Gasteiger partial charge in [-0.25, -0.2) is 4.98 Å². The van der Waals surface area contributed by atoms with Gasteiger partial charge in [0, 0.05) is 11.3 Å². The van der Waals surface area contributed by atoms with Crippen LogP contribution in [0.25, 0.3) is 6.08 Å². The number of carbonyl (C=O) groups excluding carboxylic acids is 2. The van der Waals surface area contributed by atoms with Crippen molar-refractivity contribution >= 4 is 29.2 Å². The fourth-order valence-corrected chi connectivity index (χ4v) is 5.15. The Kier molecular flexibility index (Phi) is 10.1. The van der Waals surface area contributed by atoms with Crippen LogP contribution >= 0.6 is 11.3 Å². The molecule has 32 heavy (non-hydrogen) atoms. The zero-order chi connectivity index (χ0) is 23.9. The smallest absolute Gasteiger partial charge is 0.309 e. The molecule has 2 rings (SSSR count). The largest absolute Gasteiger partial charge is 0.458 e. The minimum atomic E-state index is -1.07. The zero-order valence-corrected chi connectivity index (χ0v) is 21.5. The predicted octanol–water partition coefficient (Wildman–Crippen LogP) is 6.13. The molecule has 0 aromatic carbocycles. The van der Waals surface area contributed by atoms with Crippen LogP contribution in [0.2, 0.25) is 0 Å². The first kappa shape index (κ1) is 26.7. The van der Waals surface area contributed by atoms with Crippen molar-refractivity contribution in [2.45, 2.75) is 105 Å². The van der Waals surface area contributed by atoms with Crippen molar-refractivity contribution in [1.82, 2.24) is 4.98 Å². The number of esters is 1. The summed E-state index contributed by atoms with van der Waals surface area (Å²) in [4.78, 5) is 30.3. The maximum absolute atomic E-state index is 13.1. The van der Waals surface area contributed by atoms with E-state index in [0.29, 0.717) is 5.92 Å². The van der Waals surface area contributed by atoms with Crippen LogP contribution in [0.4, 0.5) is 0 Å². The Morgan fingerprint density at radius 1 is 1.19 bits per heavy atom. The van der Waals surface area contributed by atoms with Crippen LogP contribution in [0.1, 0.15) is 96.7 Å². The Hall–Kier alpha value is -1.53. The quantitative estimate of drug-likeness (QED) is 0.534. The van der Waals surface area contributed by atoms with Crippen molar-refractivity contribution in [3.63, 3.8) is 0 Å². The number of aliphatic hydroxyl groups is 1. The second-order valence-corrected chi connectivity index (χ2v) is 11.3. The molecule has 1 aliphatic rings. The molecule has 1 fully saturated rings. The number of hydrogen-bond donors (Lipinski definition) is 1. The van der Waals surface area contributed by atoms with Crippen molar-refractivity contribution in [3.8, 4) is 0 Å². The van der Waals surface area contributed by atoms with Gasteiger partial charge >= 0.3 is 5.97 Å². The number of thiazole rings is 1. The van der Waals surface area contributed by atoms with Crippen LogP contribution in [0, 0.1) is 24.2 Å². The molecule has 0 spiro atoms. The molecule has 6 heteroatoms. The zero-order valence-electron chi connectivity index (χ0n) is 20.6. The minimum Gasteiger partial charge on any atom is -0.458 e. The number of cyclic esters (lactones) is 1. The first-order valence-corrected chi connectivity index (χ1v) is 12.9. The van der Waals surface area contributed by atoms with E-state index in [-0.39, 0.29) is 24.2 Å². The maximum atomic E-state index is 13.1. The molecule has 0 aliphatic carbocycles. The average molecular weight is 464 g/mol. The number of aryl methyl sites for hydroxylation is 1. The van der Waals surface area contributed by atoms with E-state index in [1.165, 1.54) is 0 Å². The number of aliphatic hydroxyl groups excluding tert-OH is 1. The van der Waals surface area contributed by atoms with Gasteiger partial charge in [0.1, 0.15) is 11.9 Å². The lowest BCUT2D eigenvalue weighted by Gasteiger charge is -2.32. The molecule has 1 aromatic heterocycles. The summed E-state index contributed by atoms with van der Waals surface area (Å²) in [5.41, 5.74) is 0.841. The minimum absolute atomic E-state index is 0.0169. The van der Waals surface area contributed by atoms with Crippen LogP contribution < -0.4 is 0 Å². The van der Waals surface area contributed by atoms with E-state index in [1.807, 2.05) is 32.2 Å². The first-order chi connectivity index (χ1) is 15.0. The third-order valence-electron chi connectivity index (χ3n) is 6.74. The molecule has 2 heterocycles. The van der Waals surface area contributed by atoms with Gasteiger partial charge in [-0.3, -0.25) is 9.59 Å². The number of rotatable bonds is 2. The Morgan fingerprint density at radius 3 is 2.47 bits per heavy atom. The van der Waals surface area contributed by atoms with Crippen molar-refractivity contribution in [2.75, 3.05) is 0 Å². The average Bonchev–Trinajstić information content (AvgIpc) is 3.12. The summed E-state index contributed by atoms with van der Waals surface area (Å²) in [7, 11) is 0. The Labute approximate surface area is 197 Å². The molecular formula is C26H41NO4S. The summed E-state index contributed by atoms with van der Waals surface area (Å²) in [6.07, 6.45) is 7.43. The molecule has 5 nitrogen and oxygen atoms in total. The molecule has 0 saturated carbocycles. The van der Waals surface area contributed by atoms with Crippen LogP contribution in [0.5, 0.6) is 0 Å². The van der Waals surface area contributed by atoms with Gasteiger partial charge in [-0.1, -0.05) is 53.4 Å². The van der Waals surface area contributed by atoms with E-state index >= 15 is 0 Å². The van der Waals surface area contributed by atoms with Gasteiger partial charge in [-0.2, -0.15) is 0 Å². The molecular weight excluding hydrogens is 422 g/mol. The van der Waals surface area contributed by atoms with E-state index in [0.717, 1.165) is 61.2 Å². The lowest BCUT2D eigenvalue weighted by Crippen LogP contribution is -2.42. The van der Waals surface area contributed by atoms with Crippen LogP contribution in [0.15, 0.2) is 11.0 Å². The lowest BCUT2D eigenvalue weighted by molar-refractivity contribution is -0.153. The highest BCUT2D eigenvalue weighted by molar-refractivity contribution is 7.09. The lowest BCUT2D eigenvalue weighted by atomic mass is 9.74. The normalized spacial score (nSPS) is 29.5. The summed E-state index contributed by atoms with van der Waals surface area (Å²) in [5, 5.41) is 13.8. The van der Waals surface area contributed by atoms with Gasteiger partial charge in [-0.15, -0.1) is 11.3 Å². The monoisotopic (exact) mass is 463 g/mol. The second kappa shape index (κ2) is 12.1. The Morgan fingerprint density at radius 2 is 1.84 bits per heavy atom. The number of aromatic nitrogens is 1. The number of hydrogen-bond acceptors (Lipinski definition) is 6. The summed E-state index contributed by atoms with van der Waals surface area (Å²) < 4.78 is 5.83. The van der Waals surface area contributed by atoms with Gasteiger partial charge in [0.05, 0.1) is 28.6 Å². The standard InChI is InChI=1S/C26H41NO4S/c1-17-11-9-7-8-10-12-22(18(2)14-21-16-32-20(4)27-21)31-24(29)15-23(28)26(5,6)25(30)19(3)13-17/h14,16-17,19,22-23,28H,7-13,15H2,1-6H3/b18-14+/t17-,19+,22?,23-/m0/s1. The van der Waals surface area contributed by atoms with Crippen LogP contribution in [-0.4, -0.2) is 34.1 Å². The van der Waals surface area contributed by atoms with Crippen molar-refractivity contribution in [3.05, 3.63) is 21.7 Å². The summed E-state index contributed by atoms with van der Waals surface area (Å²) in [6.45, 7) is 11.6. The van der Waals surface area contributed by atoms with Gasteiger partial charge in [0.25, 0.3) is 0 Å².